The Morgan fingerprint density at radius 3 is 2.45 bits per heavy atom. The third kappa shape index (κ3) is 4.53. The van der Waals surface area contributed by atoms with Crippen molar-refractivity contribution in [1.82, 2.24) is 4.72 Å². The molecule has 0 saturated heterocycles. The standard InChI is InChI=1S/C10H13F2N3O4S/c1-5(2)19-10(16)15-20(17,18)14-9-4-8(13)6(11)3-7(9)12/h3-5,14H,13H2,1-2H3,(H,15,16). The van der Waals surface area contributed by atoms with Gasteiger partial charge in [-0.05, 0) is 19.9 Å². The summed E-state index contributed by atoms with van der Waals surface area (Å²) in [4.78, 5) is 11.1. The number of nitrogens with two attached hydrogens (primary N) is 1. The zero-order chi connectivity index (χ0) is 15.5. The number of hydrogen-bond donors (Lipinski definition) is 3. The van der Waals surface area contributed by atoms with Gasteiger partial charge in [0.2, 0.25) is 0 Å². The highest BCUT2D eigenvalue weighted by Crippen LogP contribution is 2.21. The number of ether oxygens (including phenoxy) is 1. The van der Waals surface area contributed by atoms with Crippen LogP contribution in [0.3, 0.4) is 0 Å². The Hall–Kier alpha value is -2.10. The van der Waals surface area contributed by atoms with Crippen LogP contribution in [0.1, 0.15) is 13.8 Å². The van der Waals surface area contributed by atoms with Crippen molar-refractivity contribution in [3.63, 3.8) is 0 Å². The molecule has 0 atom stereocenters. The van der Waals surface area contributed by atoms with E-state index in [2.05, 4.69) is 4.74 Å². The van der Waals surface area contributed by atoms with E-state index in [0.717, 1.165) is 6.07 Å². The Morgan fingerprint density at radius 2 is 1.90 bits per heavy atom. The summed E-state index contributed by atoms with van der Waals surface area (Å²) in [5.74, 6) is -2.21. The van der Waals surface area contributed by atoms with Crippen LogP contribution in [-0.4, -0.2) is 20.6 Å². The van der Waals surface area contributed by atoms with Crippen molar-refractivity contribution in [2.45, 2.75) is 20.0 Å². The minimum atomic E-state index is -4.42. The number of amides is 1. The monoisotopic (exact) mass is 309 g/mol. The lowest BCUT2D eigenvalue weighted by Gasteiger charge is -2.12. The van der Waals surface area contributed by atoms with Gasteiger partial charge in [-0.3, -0.25) is 4.72 Å². The number of anilines is 2. The molecule has 0 saturated carbocycles. The van der Waals surface area contributed by atoms with Crippen LogP contribution in [0.15, 0.2) is 12.1 Å². The molecule has 1 rings (SSSR count). The SMILES string of the molecule is CC(C)OC(=O)NS(=O)(=O)Nc1cc(N)c(F)cc1F. The van der Waals surface area contributed by atoms with Crippen LogP contribution in [0, 0.1) is 11.6 Å². The molecule has 7 nitrogen and oxygen atoms in total. The highest BCUT2D eigenvalue weighted by atomic mass is 32.2. The fraction of sp³-hybridized carbons (Fsp3) is 0.300. The summed E-state index contributed by atoms with van der Waals surface area (Å²) in [5, 5.41) is 0. The number of carbonyl (C=O) groups is 1. The Balaban J connectivity index is 2.87. The van der Waals surface area contributed by atoms with Gasteiger partial charge in [0, 0.05) is 6.07 Å². The van der Waals surface area contributed by atoms with Crippen LogP contribution < -0.4 is 15.2 Å². The summed E-state index contributed by atoms with van der Waals surface area (Å²) >= 11 is 0. The number of rotatable bonds is 4. The van der Waals surface area contributed by atoms with Gasteiger partial charge in [-0.1, -0.05) is 0 Å². The van der Waals surface area contributed by atoms with E-state index in [1.807, 2.05) is 0 Å². The maximum atomic E-state index is 13.3. The molecule has 0 fully saturated rings. The zero-order valence-electron chi connectivity index (χ0n) is 10.6. The molecule has 0 spiro atoms. The molecular weight excluding hydrogens is 296 g/mol. The van der Waals surface area contributed by atoms with Crippen LogP contribution in [0.4, 0.5) is 25.0 Å². The molecule has 1 amide bonds. The molecule has 0 radical (unpaired) electrons. The summed E-state index contributed by atoms with van der Waals surface area (Å²) < 4.78 is 57.0. The van der Waals surface area contributed by atoms with E-state index in [1.54, 1.807) is 4.72 Å². The van der Waals surface area contributed by atoms with Crippen LogP contribution in [-0.2, 0) is 14.9 Å². The second-order valence-corrected chi connectivity index (χ2v) is 5.43. The fourth-order valence-electron chi connectivity index (χ4n) is 1.16. The normalized spacial score (nSPS) is 11.2. The Bertz CT molecular complexity index is 619. The number of benzene rings is 1. The first-order valence-corrected chi connectivity index (χ1v) is 6.84. The molecule has 0 heterocycles. The Morgan fingerprint density at radius 1 is 1.30 bits per heavy atom. The number of halogens is 2. The number of nitrogen functional groups attached to an aromatic ring is 1. The summed E-state index contributed by atoms with van der Waals surface area (Å²) in [5.41, 5.74) is 4.13. The summed E-state index contributed by atoms with van der Waals surface area (Å²) in [6.45, 7) is 3.03. The van der Waals surface area contributed by atoms with Crippen LogP contribution in [0.5, 0.6) is 0 Å². The third-order valence-corrected chi connectivity index (χ3v) is 2.82. The molecule has 10 heteroatoms. The van der Waals surface area contributed by atoms with Crippen molar-refractivity contribution in [3.8, 4) is 0 Å². The van der Waals surface area contributed by atoms with Gasteiger partial charge in [0.1, 0.15) is 11.6 Å². The molecule has 0 bridgehead atoms. The first-order valence-electron chi connectivity index (χ1n) is 5.36. The second kappa shape index (κ2) is 5.90. The summed E-state index contributed by atoms with van der Waals surface area (Å²) in [6, 6.07) is 1.16. The Labute approximate surface area is 114 Å². The Kier molecular flexibility index (Phi) is 4.71. The average molecular weight is 309 g/mol. The first kappa shape index (κ1) is 16.0. The van der Waals surface area contributed by atoms with Crippen LogP contribution >= 0.6 is 0 Å². The first-order chi connectivity index (χ1) is 9.10. The maximum Gasteiger partial charge on any atom is 0.422 e. The molecular formula is C10H13F2N3O4S. The van der Waals surface area contributed by atoms with Gasteiger partial charge in [-0.25, -0.2) is 18.3 Å². The number of carbonyl (C=O) groups excluding carboxylic acids is 1. The van der Waals surface area contributed by atoms with Crippen molar-refractivity contribution in [2.75, 3.05) is 10.5 Å². The van der Waals surface area contributed by atoms with E-state index >= 15 is 0 Å². The molecule has 0 aliphatic rings. The van der Waals surface area contributed by atoms with Crippen molar-refractivity contribution in [3.05, 3.63) is 23.8 Å². The van der Waals surface area contributed by atoms with E-state index in [1.165, 1.54) is 18.6 Å². The van der Waals surface area contributed by atoms with Crippen molar-refractivity contribution >= 4 is 27.7 Å². The average Bonchev–Trinajstić information content (AvgIpc) is 2.23. The lowest BCUT2D eigenvalue weighted by Crippen LogP contribution is -2.37. The summed E-state index contributed by atoms with van der Waals surface area (Å²) in [7, 11) is -4.42. The van der Waals surface area contributed by atoms with Crippen molar-refractivity contribution in [2.24, 2.45) is 0 Å². The van der Waals surface area contributed by atoms with Gasteiger partial charge >= 0.3 is 16.3 Å². The highest BCUT2D eigenvalue weighted by Gasteiger charge is 2.19. The topological polar surface area (TPSA) is 111 Å². The second-order valence-electron chi connectivity index (χ2n) is 4.02. The van der Waals surface area contributed by atoms with E-state index in [4.69, 9.17) is 5.73 Å². The van der Waals surface area contributed by atoms with Gasteiger partial charge in [0.25, 0.3) is 0 Å². The van der Waals surface area contributed by atoms with Gasteiger partial charge in [-0.2, -0.15) is 8.42 Å². The van der Waals surface area contributed by atoms with E-state index < -0.39 is 45.4 Å². The van der Waals surface area contributed by atoms with E-state index in [-0.39, 0.29) is 0 Å². The molecule has 0 unspecified atom stereocenters. The van der Waals surface area contributed by atoms with Crippen LogP contribution in [0.25, 0.3) is 0 Å². The molecule has 0 aliphatic carbocycles. The lowest BCUT2D eigenvalue weighted by atomic mass is 10.2. The van der Waals surface area contributed by atoms with Crippen molar-refractivity contribution < 1.29 is 26.7 Å². The molecule has 0 aliphatic heterocycles. The minimum Gasteiger partial charge on any atom is -0.446 e. The molecule has 0 aromatic heterocycles. The predicted molar refractivity (Wildman–Crippen MR) is 68.1 cm³/mol. The molecule has 1 aromatic rings. The number of hydrogen-bond acceptors (Lipinski definition) is 5. The lowest BCUT2D eigenvalue weighted by molar-refractivity contribution is 0.121. The molecule has 20 heavy (non-hydrogen) atoms. The van der Waals surface area contributed by atoms with E-state index in [0.29, 0.717) is 6.07 Å². The predicted octanol–water partition coefficient (Wildman–Crippen LogP) is 1.34. The smallest absolute Gasteiger partial charge is 0.422 e. The van der Waals surface area contributed by atoms with Gasteiger partial charge in [0.15, 0.2) is 0 Å². The molecule has 1 aromatic carbocycles. The van der Waals surface area contributed by atoms with Gasteiger partial charge in [-0.15, -0.1) is 0 Å². The largest absolute Gasteiger partial charge is 0.446 e. The van der Waals surface area contributed by atoms with Crippen molar-refractivity contribution in [1.29, 1.82) is 0 Å². The zero-order valence-corrected chi connectivity index (χ0v) is 11.4. The summed E-state index contributed by atoms with van der Waals surface area (Å²) in [6.07, 6.45) is -1.77. The van der Waals surface area contributed by atoms with Gasteiger partial charge < -0.3 is 10.5 Å². The van der Waals surface area contributed by atoms with E-state index in [9.17, 15) is 22.0 Å². The number of nitrogens with one attached hydrogen (secondary N) is 2. The molecule has 4 N–H and O–H groups in total. The quantitative estimate of drug-likeness (QED) is 0.727. The minimum absolute atomic E-state index is 0.416. The maximum absolute atomic E-state index is 13.3. The third-order valence-electron chi connectivity index (χ3n) is 1.89. The highest BCUT2D eigenvalue weighted by molar-refractivity contribution is 7.91. The van der Waals surface area contributed by atoms with Gasteiger partial charge in [0.05, 0.1) is 17.5 Å². The van der Waals surface area contributed by atoms with Crippen LogP contribution in [0.2, 0.25) is 0 Å². The fourth-order valence-corrected chi connectivity index (χ4v) is 1.93. The molecule has 112 valence electrons.